The Labute approximate surface area is 184 Å². The Kier molecular flexibility index (Phi) is 7.60. The largest absolute Gasteiger partial charge is 0.468 e. The van der Waals surface area contributed by atoms with Crippen molar-refractivity contribution in [1.29, 1.82) is 0 Å². The van der Waals surface area contributed by atoms with Crippen molar-refractivity contribution in [2.75, 3.05) is 18.6 Å². The van der Waals surface area contributed by atoms with Gasteiger partial charge in [0.1, 0.15) is 18.1 Å². The number of sulfone groups is 1. The number of methoxy groups -OCH3 is 1. The molecule has 1 fully saturated rings. The first-order valence-electron chi connectivity index (χ1n) is 10.00. The molecule has 0 aliphatic heterocycles. The van der Waals surface area contributed by atoms with Gasteiger partial charge in [-0.1, -0.05) is 42.7 Å². The van der Waals surface area contributed by atoms with Gasteiger partial charge in [-0.15, -0.1) is 0 Å². The van der Waals surface area contributed by atoms with E-state index in [1.165, 1.54) is 11.7 Å². The normalized spacial score (nSPS) is 15.7. The molecule has 0 saturated heterocycles. The Bertz CT molecular complexity index is 1140. The van der Waals surface area contributed by atoms with Crippen molar-refractivity contribution in [3.8, 4) is 0 Å². The van der Waals surface area contributed by atoms with E-state index in [1.807, 2.05) is 12.1 Å². The average molecular weight is 468 g/mol. The zero-order valence-corrected chi connectivity index (χ0v) is 18.8. The second-order valence-corrected chi connectivity index (χ2v) is 10.5. The number of benzene rings is 1. The molecule has 1 N–H and O–H groups in total. The maximum Gasteiger partial charge on any atom is 0.325 e. The van der Waals surface area contributed by atoms with Gasteiger partial charge >= 0.3 is 5.97 Å². The molecule has 1 aliphatic carbocycles. The summed E-state index contributed by atoms with van der Waals surface area (Å²) in [5, 5.41) is 2.74. The van der Waals surface area contributed by atoms with Crippen molar-refractivity contribution in [2.45, 2.75) is 44.7 Å². The maximum atomic E-state index is 12.4. The Morgan fingerprint density at radius 3 is 2.58 bits per heavy atom. The van der Waals surface area contributed by atoms with Gasteiger partial charge in [0.15, 0.2) is 14.6 Å². The molecule has 0 spiro atoms. The summed E-state index contributed by atoms with van der Waals surface area (Å²) in [6, 6.07) is 7.16. The van der Waals surface area contributed by atoms with Crippen molar-refractivity contribution in [1.82, 2.24) is 9.88 Å². The lowest BCUT2D eigenvalue weighted by molar-refractivity contribution is -0.141. The summed E-state index contributed by atoms with van der Waals surface area (Å²) in [6.45, 7) is -0.164. The molecule has 3 rings (SSSR count). The number of para-hydroxylation sites is 1. The molecule has 9 nitrogen and oxygen atoms in total. The molecule has 1 aromatic heterocycles. The number of carbonyl (C=O) groups excluding carboxylic acids is 3. The fourth-order valence-electron chi connectivity index (χ4n) is 3.55. The molecule has 0 bridgehead atoms. The van der Waals surface area contributed by atoms with E-state index in [1.54, 1.807) is 12.1 Å². The maximum absolute atomic E-state index is 12.4. The number of fused-ring (bicyclic) bond motifs is 1. The molecule has 2 aromatic rings. The van der Waals surface area contributed by atoms with Crippen molar-refractivity contribution in [3.63, 3.8) is 0 Å². The number of carbonyl (C=O) groups is 3. The Hall–Kier alpha value is -2.53. The summed E-state index contributed by atoms with van der Waals surface area (Å²) in [4.78, 5) is 40.4. The third-order valence-electron chi connectivity index (χ3n) is 4.99. The van der Waals surface area contributed by atoms with Gasteiger partial charge in [-0.3, -0.25) is 14.4 Å². The Morgan fingerprint density at radius 1 is 1.16 bits per heavy atom. The summed E-state index contributed by atoms with van der Waals surface area (Å²) in [5.41, 5.74) is 0.680. The Balaban J connectivity index is 1.73. The molecule has 1 heterocycles. The van der Waals surface area contributed by atoms with Gasteiger partial charge in [0.25, 0.3) is 5.91 Å². The van der Waals surface area contributed by atoms with Gasteiger partial charge in [0.2, 0.25) is 5.91 Å². The first kappa shape index (κ1) is 23.1. The number of aromatic nitrogens is 1. The Morgan fingerprint density at radius 2 is 1.87 bits per heavy atom. The van der Waals surface area contributed by atoms with Crippen LogP contribution < -0.4 is 10.1 Å². The number of esters is 1. The predicted molar refractivity (Wildman–Crippen MR) is 116 cm³/mol. The highest BCUT2D eigenvalue weighted by molar-refractivity contribution is 7.92. The lowest BCUT2D eigenvalue weighted by Gasteiger charge is -2.22. The molecular weight excluding hydrogens is 442 g/mol. The van der Waals surface area contributed by atoms with Gasteiger partial charge in [0.05, 0.1) is 17.3 Å². The second kappa shape index (κ2) is 10.2. The number of nitrogens with zero attached hydrogens (tertiary/aromatic N) is 2. The summed E-state index contributed by atoms with van der Waals surface area (Å²) in [5.74, 6) is -3.64. The van der Waals surface area contributed by atoms with Gasteiger partial charge in [-0.05, 0) is 25.0 Å². The average Bonchev–Trinajstić information content (AvgIpc) is 3.04. The lowest BCUT2D eigenvalue weighted by atomic mass is 9.95. The minimum Gasteiger partial charge on any atom is -0.468 e. The van der Waals surface area contributed by atoms with Gasteiger partial charge in [0, 0.05) is 6.04 Å². The zero-order chi connectivity index (χ0) is 22.4. The highest BCUT2D eigenvalue weighted by Gasteiger charge is 2.23. The van der Waals surface area contributed by atoms with Crippen molar-refractivity contribution in [3.05, 3.63) is 29.1 Å². The summed E-state index contributed by atoms with van der Waals surface area (Å²) in [7, 11) is -2.72. The number of hydrogen-bond acceptors (Lipinski definition) is 7. The van der Waals surface area contributed by atoms with E-state index < -0.39 is 39.1 Å². The molecule has 31 heavy (non-hydrogen) atoms. The van der Waals surface area contributed by atoms with Crippen molar-refractivity contribution >= 4 is 49.2 Å². The smallest absolute Gasteiger partial charge is 0.325 e. The fourth-order valence-corrected chi connectivity index (χ4v) is 5.62. The van der Waals surface area contributed by atoms with E-state index in [0.717, 1.165) is 48.1 Å². The van der Waals surface area contributed by atoms with Gasteiger partial charge in [-0.25, -0.2) is 8.42 Å². The van der Waals surface area contributed by atoms with E-state index in [9.17, 15) is 22.8 Å². The molecule has 0 unspecified atom stereocenters. The standard InChI is InChI=1S/C20H25N3O6S2/c1-29-19(26)11-23-15-9-5-6-10-16(15)30-20(23)22-18(25)13-31(27,28)12-17(24)21-14-7-3-2-4-8-14/h5-6,9-10,14H,2-4,7-8,11-13H2,1H3,(H,21,24). The van der Waals surface area contributed by atoms with Crippen LogP contribution in [0.15, 0.2) is 29.3 Å². The molecule has 1 aliphatic rings. The van der Waals surface area contributed by atoms with Crippen LogP contribution in [0.25, 0.3) is 10.2 Å². The topological polar surface area (TPSA) is 124 Å². The van der Waals surface area contributed by atoms with Crippen LogP contribution in [-0.4, -0.2) is 55.4 Å². The van der Waals surface area contributed by atoms with Crippen molar-refractivity contribution < 1.29 is 27.5 Å². The first-order valence-corrected chi connectivity index (χ1v) is 12.6. The third-order valence-corrected chi connectivity index (χ3v) is 7.44. The second-order valence-electron chi connectivity index (χ2n) is 7.45. The molecule has 168 valence electrons. The van der Waals surface area contributed by atoms with Crippen LogP contribution in [0.3, 0.4) is 0 Å². The molecule has 1 aromatic carbocycles. The van der Waals surface area contributed by atoms with Crippen LogP contribution in [0.5, 0.6) is 0 Å². The number of amides is 2. The van der Waals surface area contributed by atoms with Crippen LogP contribution in [0, 0.1) is 0 Å². The first-order chi connectivity index (χ1) is 14.8. The number of hydrogen-bond donors (Lipinski definition) is 1. The summed E-state index contributed by atoms with van der Waals surface area (Å²) < 4.78 is 31.7. The van der Waals surface area contributed by atoms with Gasteiger partial charge < -0.3 is 14.6 Å². The quantitative estimate of drug-likeness (QED) is 0.610. The number of nitrogens with one attached hydrogen (secondary N) is 1. The van der Waals surface area contributed by atoms with E-state index in [2.05, 4.69) is 10.3 Å². The summed E-state index contributed by atoms with van der Waals surface area (Å²) >= 11 is 1.16. The van der Waals surface area contributed by atoms with Crippen LogP contribution in [0.2, 0.25) is 0 Å². The highest BCUT2D eigenvalue weighted by Crippen LogP contribution is 2.18. The monoisotopic (exact) mass is 467 g/mol. The number of thiazole rings is 1. The fraction of sp³-hybridized carbons (Fsp3) is 0.500. The van der Waals surface area contributed by atoms with Crippen LogP contribution in [0.1, 0.15) is 32.1 Å². The summed E-state index contributed by atoms with van der Waals surface area (Å²) in [6.07, 6.45) is 4.82. The van der Waals surface area contributed by atoms with Crippen LogP contribution >= 0.6 is 11.3 Å². The van der Waals surface area contributed by atoms with E-state index in [-0.39, 0.29) is 17.4 Å². The van der Waals surface area contributed by atoms with E-state index in [0.29, 0.717) is 5.52 Å². The predicted octanol–water partition coefficient (Wildman–Crippen LogP) is 1.17. The van der Waals surface area contributed by atoms with E-state index >= 15 is 0 Å². The highest BCUT2D eigenvalue weighted by atomic mass is 32.2. The molecule has 11 heteroatoms. The third kappa shape index (κ3) is 6.47. The van der Waals surface area contributed by atoms with Gasteiger partial charge in [-0.2, -0.15) is 4.99 Å². The minimum absolute atomic E-state index is 0.00679. The minimum atomic E-state index is -3.97. The van der Waals surface area contributed by atoms with Crippen molar-refractivity contribution in [2.24, 2.45) is 4.99 Å². The number of ether oxygens (including phenoxy) is 1. The lowest BCUT2D eigenvalue weighted by Crippen LogP contribution is -2.40. The SMILES string of the molecule is COC(=O)Cn1c(=NC(=O)CS(=O)(=O)CC(=O)NC2CCCCC2)sc2ccccc21. The molecular formula is C20H25N3O6S2. The van der Waals surface area contributed by atoms with Crippen LogP contribution in [-0.2, 0) is 35.5 Å². The molecule has 0 atom stereocenters. The number of rotatable bonds is 7. The van der Waals surface area contributed by atoms with Crippen LogP contribution in [0.4, 0.5) is 0 Å². The molecule has 0 radical (unpaired) electrons. The van der Waals surface area contributed by atoms with E-state index in [4.69, 9.17) is 4.74 Å². The zero-order valence-electron chi connectivity index (χ0n) is 17.2. The molecule has 1 saturated carbocycles. The molecule has 2 amide bonds.